The van der Waals surface area contributed by atoms with E-state index in [2.05, 4.69) is 57.9 Å². The lowest BCUT2D eigenvalue weighted by molar-refractivity contribution is 0.157. The highest BCUT2D eigenvalue weighted by atomic mass is 35.5. The van der Waals surface area contributed by atoms with Crippen LogP contribution in [0.1, 0.15) is 36.8 Å². The lowest BCUT2D eigenvalue weighted by atomic mass is 10.1. The lowest BCUT2D eigenvalue weighted by Crippen LogP contribution is -2.44. The van der Waals surface area contributed by atoms with Crippen molar-refractivity contribution in [1.29, 1.82) is 0 Å². The van der Waals surface area contributed by atoms with Crippen molar-refractivity contribution >= 4 is 24.8 Å². The molecule has 0 amide bonds. The second kappa shape index (κ2) is 12.6. The van der Waals surface area contributed by atoms with Crippen LogP contribution in [0.3, 0.4) is 0 Å². The Kier molecular flexibility index (Phi) is 11.3. The monoisotopic (exact) mass is 397 g/mol. The molecule has 26 heavy (non-hydrogen) atoms. The van der Waals surface area contributed by atoms with Crippen molar-refractivity contribution in [2.75, 3.05) is 52.9 Å². The Hall–Kier alpha value is -0.760. The molecule has 0 aliphatic carbocycles. The summed E-state index contributed by atoms with van der Waals surface area (Å²) in [6.45, 7) is 9.46. The van der Waals surface area contributed by atoms with Gasteiger partial charge in [-0.3, -0.25) is 9.80 Å². The number of hydrogen-bond acceptors (Lipinski definition) is 3. The van der Waals surface area contributed by atoms with Crippen LogP contribution >= 0.6 is 24.8 Å². The molecule has 2 heterocycles. The summed E-state index contributed by atoms with van der Waals surface area (Å²) in [6.07, 6.45) is 5.09. The van der Waals surface area contributed by atoms with Crippen molar-refractivity contribution in [1.82, 2.24) is 14.7 Å². The molecule has 2 fully saturated rings. The SMILES string of the molecule is CN1CCN(CCC#Cc2ccc(CN3CCCCC3)cc2)CC1.Cl.Cl. The van der Waals surface area contributed by atoms with Gasteiger partial charge in [0.1, 0.15) is 0 Å². The number of halogens is 2. The molecule has 146 valence electrons. The van der Waals surface area contributed by atoms with Crippen molar-refractivity contribution in [3.05, 3.63) is 35.4 Å². The predicted octanol–water partition coefficient (Wildman–Crippen LogP) is 3.51. The van der Waals surface area contributed by atoms with E-state index >= 15 is 0 Å². The van der Waals surface area contributed by atoms with Gasteiger partial charge in [0.2, 0.25) is 0 Å². The molecule has 2 aliphatic heterocycles. The van der Waals surface area contributed by atoms with Crippen LogP contribution < -0.4 is 0 Å². The second-order valence-electron chi connectivity index (χ2n) is 7.23. The highest BCUT2D eigenvalue weighted by molar-refractivity contribution is 5.85. The molecule has 3 nitrogen and oxygen atoms in total. The fraction of sp³-hybridized carbons (Fsp3) is 0.619. The van der Waals surface area contributed by atoms with Gasteiger partial charge in [-0.25, -0.2) is 0 Å². The molecular weight excluding hydrogens is 365 g/mol. The summed E-state index contributed by atoms with van der Waals surface area (Å²) < 4.78 is 0. The summed E-state index contributed by atoms with van der Waals surface area (Å²) in [4.78, 5) is 7.49. The van der Waals surface area contributed by atoms with Crippen molar-refractivity contribution < 1.29 is 0 Å². The van der Waals surface area contributed by atoms with E-state index in [1.165, 1.54) is 64.1 Å². The van der Waals surface area contributed by atoms with E-state index in [9.17, 15) is 0 Å². The first-order chi connectivity index (χ1) is 11.8. The van der Waals surface area contributed by atoms with E-state index < -0.39 is 0 Å². The highest BCUT2D eigenvalue weighted by Gasteiger charge is 2.12. The Morgan fingerprint density at radius 3 is 2.12 bits per heavy atom. The lowest BCUT2D eigenvalue weighted by Gasteiger charge is -2.31. The zero-order valence-corrected chi connectivity index (χ0v) is 17.6. The third-order valence-corrected chi connectivity index (χ3v) is 5.19. The first-order valence-electron chi connectivity index (χ1n) is 9.51. The molecule has 2 aliphatic rings. The Morgan fingerprint density at radius 1 is 0.808 bits per heavy atom. The Balaban J connectivity index is 0.00000169. The Morgan fingerprint density at radius 2 is 1.46 bits per heavy atom. The van der Waals surface area contributed by atoms with Gasteiger partial charge in [-0.1, -0.05) is 30.4 Å². The van der Waals surface area contributed by atoms with Crippen LogP contribution in [0.2, 0.25) is 0 Å². The summed E-state index contributed by atoms with van der Waals surface area (Å²) in [5.74, 6) is 6.67. The predicted molar refractivity (Wildman–Crippen MR) is 115 cm³/mol. The largest absolute Gasteiger partial charge is 0.304 e. The standard InChI is InChI=1S/C21H31N3.2ClH/c1-22-15-17-23(18-16-22)12-6-3-7-20-8-10-21(11-9-20)19-24-13-4-2-5-14-24;;/h8-11H,2,4-6,12-19H2,1H3;2*1H. The van der Waals surface area contributed by atoms with Crippen LogP contribution in [0, 0.1) is 11.8 Å². The van der Waals surface area contributed by atoms with Gasteiger partial charge in [0.25, 0.3) is 0 Å². The van der Waals surface area contributed by atoms with Crippen LogP contribution in [0.15, 0.2) is 24.3 Å². The van der Waals surface area contributed by atoms with Crippen molar-refractivity contribution in [3.8, 4) is 11.8 Å². The normalized spacial score (nSPS) is 19.0. The zero-order chi connectivity index (χ0) is 16.6. The molecule has 0 spiro atoms. The van der Waals surface area contributed by atoms with E-state index in [0.29, 0.717) is 0 Å². The van der Waals surface area contributed by atoms with Crippen LogP contribution in [0.4, 0.5) is 0 Å². The molecule has 5 heteroatoms. The van der Waals surface area contributed by atoms with Crippen molar-refractivity contribution in [2.24, 2.45) is 0 Å². The van der Waals surface area contributed by atoms with Crippen molar-refractivity contribution in [3.63, 3.8) is 0 Å². The summed E-state index contributed by atoms with van der Waals surface area (Å²) >= 11 is 0. The van der Waals surface area contributed by atoms with Gasteiger partial charge in [-0.2, -0.15) is 0 Å². The molecule has 0 radical (unpaired) electrons. The fourth-order valence-corrected chi connectivity index (χ4v) is 3.52. The maximum Gasteiger partial charge on any atom is 0.0245 e. The molecule has 3 rings (SSSR count). The highest BCUT2D eigenvalue weighted by Crippen LogP contribution is 2.13. The zero-order valence-electron chi connectivity index (χ0n) is 16.0. The number of hydrogen-bond donors (Lipinski definition) is 0. The van der Waals surface area contributed by atoms with Gasteiger partial charge >= 0.3 is 0 Å². The molecule has 1 aromatic rings. The van der Waals surface area contributed by atoms with Gasteiger partial charge in [-0.15, -0.1) is 24.8 Å². The minimum atomic E-state index is 0. The van der Waals surface area contributed by atoms with Gasteiger partial charge in [-0.05, 0) is 50.7 Å². The topological polar surface area (TPSA) is 9.72 Å². The Bertz CT molecular complexity index is 551. The molecule has 0 unspecified atom stereocenters. The van der Waals surface area contributed by atoms with Crippen LogP contribution in [-0.4, -0.2) is 67.6 Å². The molecular formula is C21H33Cl2N3. The van der Waals surface area contributed by atoms with Gasteiger partial charge in [0, 0.05) is 51.3 Å². The maximum atomic E-state index is 3.35. The van der Waals surface area contributed by atoms with Crippen molar-refractivity contribution in [2.45, 2.75) is 32.2 Å². The maximum absolute atomic E-state index is 3.35. The van der Waals surface area contributed by atoms with Gasteiger partial charge in [0.15, 0.2) is 0 Å². The average Bonchev–Trinajstić information content (AvgIpc) is 2.62. The minimum Gasteiger partial charge on any atom is -0.304 e. The van der Waals surface area contributed by atoms with E-state index in [1.54, 1.807) is 0 Å². The second-order valence-corrected chi connectivity index (χ2v) is 7.23. The number of rotatable bonds is 4. The molecule has 0 N–H and O–H groups in total. The molecule has 2 saturated heterocycles. The number of likely N-dealkylation sites (tertiary alicyclic amines) is 1. The number of nitrogens with zero attached hydrogens (tertiary/aromatic N) is 3. The summed E-state index contributed by atoms with van der Waals surface area (Å²) in [6, 6.07) is 8.86. The van der Waals surface area contributed by atoms with E-state index in [1.807, 2.05) is 0 Å². The van der Waals surface area contributed by atoms with E-state index in [4.69, 9.17) is 0 Å². The molecule has 1 aromatic carbocycles. The van der Waals surface area contributed by atoms with Crippen LogP contribution in [0.25, 0.3) is 0 Å². The number of likely N-dealkylation sites (N-methyl/N-ethyl adjacent to an activating group) is 1. The smallest absolute Gasteiger partial charge is 0.0245 e. The summed E-state index contributed by atoms with van der Waals surface area (Å²) in [5.41, 5.74) is 2.57. The third-order valence-electron chi connectivity index (χ3n) is 5.19. The quantitative estimate of drug-likeness (QED) is 0.719. The number of piperazine rings is 1. The third kappa shape index (κ3) is 7.86. The fourth-order valence-electron chi connectivity index (χ4n) is 3.52. The van der Waals surface area contributed by atoms with Crippen LogP contribution in [0.5, 0.6) is 0 Å². The minimum absolute atomic E-state index is 0. The first kappa shape index (κ1) is 23.3. The van der Waals surface area contributed by atoms with Gasteiger partial charge in [0.05, 0.1) is 0 Å². The average molecular weight is 398 g/mol. The molecule has 0 saturated carbocycles. The molecule has 0 aromatic heterocycles. The first-order valence-corrected chi connectivity index (χ1v) is 9.51. The number of piperidine rings is 1. The molecule has 0 atom stereocenters. The summed E-state index contributed by atoms with van der Waals surface area (Å²) in [7, 11) is 2.20. The number of benzene rings is 1. The molecule has 0 bridgehead atoms. The van der Waals surface area contributed by atoms with Crippen LogP contribution in [-0.2, 0) is 6.54 Å². The van der Waals surface area contributed by atoms with Gasteiger partial charge < -0.3 is 4.90 Å². The Labute approximate surface area is 171 Å². The van der Waals surface area contributed by atoms with E-state index in [-0.39, 0.29) is 24.8 Å². The van der Waals surface area contributed by atoms with E-state index in [0.717, 1.165) is 25.1 Å². The summed E-state index contributed by atoms with van der Waals surface area (Å²) in [5, 5.41) is 0.